The maximum atomic E-state index is 13.7. The second-order valence-corrected chi connectivity index (χ2v) is 5.71. The molecule has 1 aromatic rings. The molecule has 0 saturated carbocycles. The van der Waals surface area contributed by atoms with E-state index in [4.69, 9.17) is 4.74 Å². The van der Waals surface area contributed by atoms with Gasteiger partial charge in [-0.1, -0.05) is 39.0 Å². The van der Waals surface area contributed by atoms with Crippen molar-refractivity contribution in [2.75, 3.05) is 14.2 Å². The monoisotopic (exact) mass is 253 g/mol. The number of hydrogen-bond acceptors (Lipinski definition) is 2. The molecule has 1 rings (SSSR count). The Hall–Kier alpha value is -0.930. The van der Waals surface area contributed by atoms with Gasteiger partial charge in [0.25, 0.3) is 0 Å². The lowest BCUT2D eigenvalue weighted by Gasteiger charge is -2.36. The van der Waals surface area contributed by atoms with Crippen LogP contribution in [0.3, 0.4) is 0 Å². The van der Waals surface area contributed by atoms with Gasteiger partial charge in [0.2, 0.25) is 0 Å². The van der Waals surface area contributed by atoms with E-state index in [1.165, 1.54) is 6.07 Å². The quantitative estimate of drug-likeness (QED) is 0.871. The van der Waals surface area contributed by atoms with Crippen LogP contribution in [-0.2, 0) is 11.2 Å². The molecular weight excluding hydrogens is 229 g/mol. The Bertz CT molecular complexity index is 373. The Morgan fingerprint density at radius 1 is 1.28 bits per heavy atom. The molecule has 0 aliphatic rings. The molecule has 0 bridgehead atoms. The molecule has 1 aromatic carbocycles. The molecule has 18 heavy (non-hydrogen) atoms. The summed E-state index contributed by atoms with van der Waals surface area (Å²) in [4.78, 5) is 0. The number of nitrogens with one attached hydrogen (secondary N) is 1. The first-order valence-corrected chi connectivity index (χ1v) is 6.33. The molecule has 0 aliphatic carbocycles. The molecule has 102 valence electrons. The summed E-state index contributed by atoms with van der Waals surface area (Å²) < 4.78 is 19.3. The van der Waals surface area contributed by atoms with Crippen molar-refractivity contribution in [3.8, 4) is 0 Å². The molecule has 0 heterocycles. The van der Waals surface area contributed by atoms with Gasteiger partial charge < -0.3 is 10.1 Å². The van der Waals surface area contributed by atoms with Crippen molar-refractivity contribution in [3.05, 3.63) is 35.6 Å². The SMILES string of the molecule is CNC(Cc1ccccc1F)C(OC)C(C)(C)C. The van der Waals surface area contributed by atoms with E-state index in [-0.39, 0.29) is 23.4 Å². The minimum absolute atomic E-state index is 0.00762. The number of likely N-dealkylation sites (N-methyl/N-ethyl adjacent to an activating group) is 1. The highest BCUT2D eigenvalue weighted by Crippen LogP contribution is 2.26. The summed E-state index contributed by atoms with van der Waals surface area (Å²) in [5.74, 6) is -0.151. The zero-order chi connectivity index (χ0) is 13.8. The summed E-state index contributed by atoms with van der Waals surface area (Å²) in [5, 5.41) is 3.24. The van der Waals surface area contributed by atoms with Crippen molar-refractivity contribution < 1.29 is 9.13 Å². The first-order valence-electron chi connectivity index (χ1n) is 6.33. The lowest BCUT2D eigenvalue weighted by molar-refractivity contribution is -0.00937. The van der Waals surface area contributed by atoms with Gasteiger partial charge in [0.1, 0.15) is 5.82 Å². The van der Waals surface area contributed by atoms with Crippen LogP contribution in [0.25, 0.3) is 0 Å². The van der Waals surface area contributed by atoms with E-state index in [1.54, 1.807) is 13.2 Å². The van der Waals surface area contributed by atoms with Crippen molar-refractivity contribution in [1.29, 1.82) is 0 Å². The Labute approximate surface area is 110 Å². The third-order valence-corrected chi connectivity index (χ3v) is 3.24. The van der Waals surface area contributed by atoms with Crippen LogP contribution in [0.15, 0.2) is 24.3 Å². The Balaban J connectivity index is 2.88. The van der Waals surface area contributed by atoms with Gasteiger partial charge in [-0.2, -0.15) is 0 Å². The first-order chi connectivity index (χ1) is 8.40. The highest BCUT2D eigenvalue weighted by molar-refractivity contribution is 5.19. The van der Waals surface area contributed by atoms with Gasteiger partial charge in [0.05, 0.1) is 6.10 Å². The molecule has 0 spiro atoms. The smallest absolute Gasteiger partial charge is 0.126 e. The molecule has 0 fully saturated rings. The number of benzene rings is 1. The molecular formula is C15H24FNO. The molecule has 0 amide bonds. The van der Waals surface area contributed by atoms with Crippen molar-refractivity contribution in [1.82, 2.24) is 5.32 Å². The number of rotatable bonds is 5. The normalized spacial score (nSPS) is 15.4. The summed E-state index contributed by atoms with van der Waals surface area (Å²) in [5.41, 5.74) is 0.733. The number of hydrogen-bond donors (Lipinski definition) is 1. The van der Waals surface area contributed by atoms with Crippen LogP contribution in [-0.4, -0.2) is 26.3 Å². The van der Waals surface area contributed by atoms with Gasteiger partial charge in [-0.05, 0) is 30.5 Å². The molecule has 0 radical (unpaired) electrons. The summed E-state index contributed by atoms with van der Waals surface area (Å²) in [6.07, 6.45) is 0.654. The van der Waals surface area contributed by atoms with E-state index >= 15 is 0 Å². The Morgan fingerprint density at radius 3 is 2.33 bits per heavy atom. The maximum Gasteiger partial charge on any atom is 0.126 e. The number of methoxy groups -OCH3 is 1. The topological polar surface area (TPSA) is 21.3 Å². The second kappa shape index (κ2) is 6.30. The third-order valence-electron chi connectivity index (χ3n) is 3.24. The molecule has 0 aromatic heterocycles. The van der Waals surface area contributed by atoms with Gasteiger partial charge in [0, 0.05) is 13.2 Å². The van der Waals surface area contributed by atoms with Crippen LogP contribution in [0.1, 0.15) is 26.3 Å². The number of ether oxygens (including phenoxy) is 1. The molecule has 2 unspecified atom stereocenters. The zero-order valence-electron chi connectivity index (χ0n) is 12.0. The first kappa shape index (κ1) is 15.1. The molecule has 0 saturated heterocycles. The number of halogens is 1. The van der Waals surface area contributed by atoms with Gasteiger partial charge >= 0.3 is 0 Å². The molecule has 2 atom stereocenters. The van der Waals surface area contributed by atoms with Gasteiger partial charge in [-0.3, -0.25) is 0 Å². The third kappa shape index (κ3) is 3.79. The average molecular weight is 253 g/mol. The molecule has 1 N–H and O–H groups in total. The summed E-state index contributed by atoms with van der Waals surface area (Å²) in [6, 6.07) is 7.00. The van der Waals surface area contributed by atoms with Crippen LogP contribution >= 0.6 is 0 Å². The lowest BCUT2D eigenvalue weighted by atomic mass is 9.82. The van der Waals surface area contributed by atoms with E-state index in [1.807, 2.05) is 19.2 Å². The fraction of sp³-hybridized carbons (Fsp3) is 0.600. The van der Waals surface area contributed by atoms with Crippen molar-refractivity contribution in [2.24, 2.45) is 5.41 Å². The molecule has 3 heteroatoms. The fourth-order valence-corrected chi connectivity index (χ4v) is 2.38. The predicted molar refractivity (Wildman–Crippen MR) is 73.2 cm³/mol. The standard InChI is InChI=1S/C15H24FNO/c1-15(2,3)14(18-5)13(17-4)10-11-8-6-7-9-12(11)16/h6-9,13-14,17H,10H2,1-5H3. The largest absolute Gasteiger partial charge is 0.379 e. The van der Waals surface area contributed by atoms with E-state index in [2.05, 4.69) is 26.1 Å². The van der Waals surface area contributed by atoms with Crippen LogP contribution in [0.4, 0.5) is 4.39 Å². The van der Waals surface area contributed by atoms with Gasteiger partial charge in [0.15, 0.2) is 0 Å². The molecule has 0 aliphatic heterocycles. The highest BCUT2D eigenvalue weighted by atomic mass is 19.1. The maximum absolute atomic E-state index is 13.7. The van der Waals surface area contributed by atoms with Gasteiger partial charge in [-0.15, -0.1) is 0 Å². The van der Waals surface area contributed by atoms with E-state index in [0.29, 0.717) is 6.42 Å². The van der Waals surface area contributed by atoms with E-state index in [9.17, 15) is 4.39 Å². The molecule has 2 nitrogen and oxygen atoms in total. The fourth-order valence-electron chi connectivity index (χ4n) is 2.38. The second-order valence-electron chi connectivity index (χ2n) is 5.71. The summed E-state index contributed by atoms with van der Waals surface area (Å²) in [6.45, 7) is 6.40. The van der Waals surface area contributed by atoms with Crippen LogP contribution in [0.5, 0.6) is 0 Å². The lowest BCUT2D eigenvalue weighted by Crippen LogP contribution is -2.47. The average Bonchev–Trinajstić information content (AvgIpc) is 2.29. The van der Waals surface area contributed by atoms with Crippen LogP contribution < -0.4 is 5.32 Å². The van der Waals surface area contributed by atoms with Crippen molar-refractivity contribution in [3.63, 3.8) is 0 Å². The van der Waals surface area contributed by atoms with Crippen LogP contribution in [0.2, 0.25) is 0 Å². The summed E-state index contributed by atoms with van der Waals surface area (Å²) in [7, 11) is 3.60. The Morgan fingerprint density at radius 2 is 1.89 bits per heavy atom. The van der Waals surface area contributed by atoms with Crippen molar-refractivity contribution >= 4 is 0 Å². The van der Waals surface area contributed by atoms with Crippen LogP contribution in [0, 0.1) is 11.2 Å². The minimum atomic E-state index is -0.151. The van der Waals surface area contributed by atoms with E-state index in [0.717, 1.165) is 5.56 Å². The summed E-state index contributed by atoms with van der Waals surface area (Å²) >= 11 is 0. The highest BCUT2D eigenvalue weighted by Gasteiger charge is 2.31. The Kier molecular flexibility index (Phi) is 5.29. The van der Waals surface area contributed by atoms with Crippen molar-refractivity contribution in [2.45, 2.75) is 39.3 Å². The van der Waals surface area contributed by atoms with Gasteiger partial charge in [-0.25, -0.2) is 4.39 Å². The zero-order valence-corrected chi connectivity index (χ0v) is 12.0. The minimum Gasteiger partial charge on any atom is -0.379 e. The van der Waals surface area contributed by atoms with E-state index < -0.39 is 0 Å². The predicted octanol–water partition coefficient (Wildman–Crippen LogP) is 3.02.